The van der Waals surface area contributed by atoms with E-state index < -0.39 is 38.4 Å². The molecular formula is C28H34ClF3N2O6S. The smallest absolute Gasteiger partial charge is 0.417 e. The molecule has 2 aliphatic rings. The van der Waals surface area contributed by atoms with Crippen LogP contribution in [0.15, 0.2) is 35.2 Å². The lowest BCUT2D eigenvalue weighted by atomic mass is 9.83. The molecule has 2 aromatic rings. The number of aryl methyl sites for hydroxylation is 2. The Bertz CT molecular complexity index is 1370. The largest absolute Gasteiger partial charge is 0.497 e. The quantitative estimate of drug-likeness (QED) is 0.462. The number of amides is 1. The Morgan fingerprint density at radius 2 is 1.76 bits per heavy atom. The van der Waals surface area contributed by atoms with Gasteiger partial charge in [-0.1, -0.05) is 17.7 Å². The van der Waals surface area contributed by atoms with Gasteiger partial charge in [-0.25, -0.2) is 8.42 Å². The summed E-state index contributed by atoms with van der Waals surface area (Å²) in [5.74, 6) is 0.238. The number of nitrogens with zero attached hydrogens (tertiary/aromatic N) is 2. The molecule has 1 atom stereocenters. The lowest BCUT2D eigenvalue weighted by Crippen LogP contribution is -2.46. The van der Waals surface area contributed by atoms with Crippen molar-refractivity contribution < 1.29 is 41.0 Å². The number of hydrogen-bond acceptors (Lipinski definition) is 6. The van der Waals surface area contributed by atoms with Gasteiger partial charge in [-0.2, -0.15) is 17.5 Å². The molecule has 226 valence electrons. The zero-order valence-electron chi connectivity index (χ0n) is 23.1. The highest BCUT2D eigenvalue weighted by atomic mass is 35.5. The number of alkyl halides is 3. The molecule has 0 aliphatic carbocycles. The molecule has 2 aliphatic heterocycles. The fraction of sp³-hybridized carbons (Fsp3) is 0.536. The van der Waals surface area contributed by atoms with E-state index in [0.29, 0.717) is 36.3 Å². The normalized spacial score (nSPS) is 19.9. The van der Waals surface area contributed by atoms with Crippen LogP contribution in [-0.4, -0.2) is 74.6 Å². The first-order chi connectivity index (χ1) is 19.2. The molecule has 4 rings (SSSR count). The van der Waals surface area contributed by atoms with Gasteiger partial charge < -0.3 is 19.5 Å². The second-order valence-electron chi connectivity index (χ2n) is 10.6. The Balaban J connectivity index is 1.34. The van der Waals surface area contributed by atoms with Gasteiger partial charge >= 0.3 is 6.18 Å². The maximum Gasteiger partial charge on any atom is 0.417 e. The molecule has 0 aromatic heterocycles. The van der Waals surface area contributed by atoms with Crippen LogP contribution >= 0.6 is 11.6 Å². The molecule has 1 amide bonds. The molecule has 1 unspecified atom stereocenters. The number of likely N-dealkylation sites (tertiary alicyclic amines) is 1. The summed E-state index contributed by atoms with van der Waals surface area (Å²) in [4.78, 5) is 14.5. The highest BCUT2D eigenvalue weighted by Gasteiger charge is 2.40. The van der Waals surface area contributed by atoms with Crippen LogP contribution in [0, 0.1) is 13.8 Å². The summed E-state index contributed by atoms with van der Waals surface area (Å²) >= 11 is 5.71. The van der Waals surface area contributed by atoms with Gasteiger partial charge in [0.1, 0.15) is 12.4 Å². The second-order valence-corrected chi connectivity index (χ2v) is 12.9. The molecule has 0 bridgehead atoms. The summed E-state index contributed by atoms with van der Waals surface area (Å²) in [6.07, 6.45) is -3.29. The summed E-state index contributed by atoms with van der Waals surface area (Å²) < 4.78 is 79.3. The Labute approximate surface area is 243 Å². The molecular weight excluding hydrogens is 585 g/mol. The van der Waals surface area contributed by atoms with Crippen molar-refractivity contribution in [3.8, 4) is 5.75 Å². The SMILES string of the molecule is COc1cc(C)c(S(=O)(=O)N2CCCC2COCC(=O)N2CCC(O)(c3ccc(Cl)c(C(F)(F)F)c3)CC2)c(C)c1. The zero-order chi connectivity index (χ0) is 30.2. The highest BCUT2D eigenvalue weighted by Crippen LogP contribution is 2.40. The monoisotopic (exact) mass is 618 g/mol. The minimum atomic E-state index is -4.65. The van der Waals surface area contributed by atoms with Gasteiger partial charge in [0.25, 0.3) is 0 Å². The molecule has 2 aromatic carbocycles. The molecule has 2 saturated heterocycles. The number of halogens is 4. The lowest BCUT2D eigenvalue weighted by Gasteiger charge is -2.38. The molecule has 2 heterocycles. The van der Waals surface area contributed by atoms with Gasteiger partial charge in [-0.3, -0.25) is 4.79 Å². The first-order valence-electron chi connectivity index (χ1n) is 13.3. The number of rotatable bonds is 8. The Hall–Kier alpha value is -2.38. The molecule has 1 N–H and O–H groups in total. The van der Waals surface area contributed by atoms with Crippen LogP contribution in [-0.2, 0) is 31.3 Å². The summed E-state index contributed by atoms with van der Waals surface area (Å²) in [6, 6.07) is 6.29. The molecule has 2 fully saturated rings. The standard InChI is InChI=1S/C28H34ClF3N2O6S/c1-18-13-22(39-3)14-19(2)26(18)41(37,38)34-10-4-5-21(34)16-40-17-25(35)33-11-8-27(36,9-12-33)20-6-7-24(29)23(15-20)28(30,31)32/h6-7,13-15,21,36H,4-5,8-12,16-17H2,1-3H3. The predicted molar refractivity (Wildman–Crippen MR) is 146 cm³/mol. The third-order valence-corrected chi connectivity index (χ3v) is 10.4. The topological polar surface area (TPSA) is 96.4 Å². The number of carbonyl (C=O) groups is 1. The Morgan fingerprint density at radius 3 is 2.34 bits per heavy atom. The van der Waals surface area contributed by atoms with Crippen LogP contribution in [0.25, 0.3) is 0 Å². The van der Waals surface area contributed by atoms with Crippen molar-refractivity contribution >= 4 is 27.5 Å². The van der Waals surface area contributed by atoms with Crippen molar-refractivity contribution in [1.29, 1.82) is 0 Å². The minimum Gasteiger partial charge on any atom is -0.497 e. The van der Waals surface area contributed by atoms with Crippen molar-refractivity contribution in [3.63, 3.8) is 0 Å². The highest BCUT2D eigenvalue weighted by molar-refractivity contribution is 7.89. The molecule has 0 saturated carbocycles. The van der Waals surface area contributed by atoms with Gasteiger partial charge in [0.2, 0.25) is 15.9 Å². The molecule has 0 spiro atoms. The number of ether oxygens (including phenoxy) is 2. The Kier molecular flexibility index (Phi) is 9.30. The summed E-state index contributed by atoms with van der Waals surface area (Å²) in [6.45, 7) is 3.82. The van der Waals surface area contributed by atoms with Crippen LogP contribution in [0.2, 0.25) is 5.02 Å². The van der Waals surface area contributed by atoms with Gasteiger partial charge in [0.15, 0.2) is 0 Å². The fourth-order valence-corrected chi connectivity index (χ4v) is 7.98. The van der Waals surface area contributed by atoms with E-state index in [9.17, 15) is 31.5 Å². The van der Waals surface area contributed by atoms with E-state index in [1.54, 1.807) is 26.0 Å². The lowest BCUT2D eigenvalue weighted by molar-refractivity contribution is -0.141. The van der Waals surface area contributed by atoms with Crippen LogP contribution in [0.3, 0.4) is 0 Å². The van der Waals surface area contributed by atoms with E-state index in [1.165, 1.54) is 22.4 Å². The number of aliphatic hydroxyl groups is 1. The van der Waals surface area contributed by atoms with E-state index in [0.717, 1.165) is 12.1 Å². The fourth-order valence-electron chi connectivity index (χ4n) is 5.66. The zero-order valence-corrected chi connectivity index (χ0v) is 24.7. The number of benzene rings is 2. The van der Waals surface area contributed by atoms with Crippen LogP contribution in [0.4, 0.5) is 13.2 Å². The van der Waals surface area contributed by atoms with E-state index in [4.69, 9.17) is 21.1 Å². The molecule has 13 heteroatoms. The van der Waals surface area contributed by atoms with Crippen LogP contribution in [0.5, 0.6) is 5.75 Å². The average molecular weight is 619 g/mol. The van der Waals surface area contributed by atoms with Crippen LogP contribution < -0.4 is 4.74 Å². The summed E-state index contributed by atoms with van der Waals surface area (Å²) in [5, 5.41) is 10.6. The third kappa shape index (κ3) is 6.67. The van der Waals surface area contributed by atoms with Crippen LogP contribution in [0.1, 0.15) is 47.9 Å². The summed E-state index contributed by atoms with van der Waals surface area (Å²) in [5.41, 5.74) is -1.28. The minimum absolute atomic E-state index is 0.0436. The van der Waals surface area contributed by atoms with E-state index in [2.05, 4.69) is 0 Å². The van der Waals surface area contributed by atoms with Gasteiger partial charge in [0.05, 0.1) is 34.8 Å². The Morgan fingerprint density at radius 1 is 1.12 bits per heavy atom. The molecule has 41 heavy (non-hydrogen) atoms. The van der Waals surface area contributed by atoms with Crippen molar-refractivity contribution in [2.45, 2.75) is 62.2 Å². The second kappa shape index (κ2) is 12.1. The average Bonchev–Trinajstić information content (AvgIpc) is 3.37. The first kappa shape index (κ1) is 31.6. The number of hydrogen-bond donors (Lipinski definition) is 1. The van der Waals surface area contributed by atoms with E-state index in [-0.39, 0.29) is 55.5 Å². The van der Waals surface area contributed by atoms with Gasteiger partial charge in [-0.05, 0) is 80.5 Å². The third-order valence-electron chi connectivity index (χ3n) is 7.85. The van der Waals surface area contributed by atoms with Crippen molar-refractivity contribution in [1.82, 2.24) is 9.21 Å². The molecule has 8 nitrogen and oxygen atoms in total. The number of carbonyl (C=O) groups excluding carboxylic acids is 1. The molecule has 0 radical (unpaired) electrons. The van der Waals surface area contributed by atoms with E-state index in [1.807, 2.05) is 0 Å². The van der Waals surface area contributed by atoms with E-state index >= 15 is 0 Å². The van der Waals surface area contributed by atoms with Crippen molar-refractivity contribution in [2.75, 3.05) is 40.0 Å². The predicted octanol–water partition coefficient (Wildman–Crippen LogP) is 4.66. The maximum atomic E-state index is 13.6. The van der Waals surface area contributed by atoms with Gasteiger partial charge in [0, 0.05) is 25.7 Å². The van der Waals surface area contributed by atoms with Gasteiger partial charge in [-0.15, -0.1) is 0 Å². The number of sulfonamides is 1. The number of methoxy groups -OCH3 is 1. The summed E-state index contributed by atoms with van der Waals surface area (Å²) in [7, 11) is -2.28. The van der Waals surface area contributed by atoms with Crippen molar-refractivity contribution in [2.24, 2.45) is 0 Å². The maximum absolute atomic E-state index is 13.6. The first-order valence-corrected chi connectivity index (χ1v) is 15.1. The number of piperidine rings is 1. The van der Waals surface area contributed by atoms with Crippen molar-refractivity contribution in [3.05, 3.63) is 57.6 Å².